The van der Waals surface area contributed by atoms with E-state index in [-0.39, 0.29) is 27.7 Å². The average Bonchev–Trinajstić information content (AvgIpc) is 2.40. The van der Waals surface area contributed by atoms with Crippen molar-refractivity contribution in [3.8, 4) is 11.5 Å². The number of halogens is 1. The summed E-state index contributed by atoms with van der Waals surface area (Å²) in [6.45, 7) is 1.30. The highest BCUT2D eigenvalue weighted by Crippen LogP contribution is 2.28. The highest BCUT2D eigenvalue weighted by atomic mass is 32.2. The van der Waals surface area contributed by atoms with Crippen LogP contribution in [0.5, 0.6) is 11.5 Å². The largest absolute Gasteiger partial charge is 0.457 e. The third kappa shape index (κ3) is 3.66. The third-order valence-corrected chi connectivity index (χ3v) is 3.89. The van der Waals surface area contributed by atoms with Gasteiger partial charge in [0.05, 0.1) is 10.5 Å². The van der Waals surface area contributed by atoms with E-state index in [4.69, 9.17) is 4.74 Å². The number of hydrogen-bond acceptors (Lipinski definition) is 4. The molecule has 0 fully saturated rings. The molecule has 0 radical (unpaired) electrons. The van der Waals surface area contributed by atoms with Crippen molar-refractivity contribution in [1.29, 1.82) is 0 Å². The number of carbonyl (C=O) groups is 1. The second-order valence-electron chi connectivity index (χ2n) is 4.55. The van der Waals surface area contributed by atoms with E-state index in [0.717, 1.165) is 12.3 Å². The zero-order valence-electron chi connectivity index (χ0n) is 11.5. The number of sulfone groups is 1. The first-order chi connectivity index (χ1) is 9.77. The summed E-state index contributed by atoms with van der Waals surface area (Å²) in [5.41, 5.74) is 0.0970. The number of benzene rings is 2. The second kappa shape index (κ2) is 5.65. The molecule has 0 aliphatic carbocycles. The molecule has 0 aliphatic heterocycles. The van der Waals surface area contributed by atoms with Crippen LogP contribution in [0.4, 0.5) is 4.39 Å². The number of ether oxygens (including phenoxy) is 1. The van der Waals surface area contributed by atoms with Gasteiger partial charge >= 0.3 is 0 Å². The van der Waals surface area contributed by atoms with Gasteiger partial charge in [0.15, 0.2) is 15.6 Å². The molecule has 0 heterocycles. The molecule has 4 nitrogen and oxygen atoms in total. The lowest BCUT2D eigenvalue weighted by molar-refractivity contribution is 0.101. The Morgan fingerprint density at radius 3 is 2.48 bits per heavy atom. The number of hydrogen-bond donors (Lipinski definition) is 0. The number of rotatable bonds is 4. The van der Waals surface area contributed by atoms with E-state index in [9.17, 15) is 17.6 Å². The molecule has 2 aromatic carbocycles. The normalized spacial score (nSPS) is 11.2. The van der Waals surface area contributed by atoms with E-state index in [2.05, 4.69) is 0 Å². The fourth-order valence-corrected chi connectivity index (χ4v) is 2.42. The summed E-state index contributed by atoms with van der Waals surface area (Å²) in [6.07, 6.45) is 1.09. The molecule has 0 saturated carbocycles. The van der Waals surface area contributed by atoms with Gasteiger partial charge in [0.1, 0.15) is 17.3 Å². The van der Waals surface area contributed by atoms with Crippen molar-refractivity contribution in [3.05, 3.63) is 53.8 Å². The van der Waals surface area contributed by atoms with Gasteiger partial charge < -0.3 is 4.74 Å². The summed E-state index contributed by atoms with van der Waals surface area (Å²) >= 11 is 0. The van der Waals surface area contributed by atoms with Crippen molar-refractivity contribution >= 4 is 15.6 Å². The fourth-order valence-electron chi connectivity index (χ4n) is 1.76. The summed E-state index contributed by atoms with van der Waals surface area (Å²) in [5, 5.41) is 0. The van der Waals surface area contributed by atoms with Gasteiger partial charge in [-0.25, -0.2) is 12.8 Å². The minimum Gasteiger partial charge on any atom is -0.457 e. The molecule has 0 N–H and O–H groups in total. The number of Topliss-reactive ketones (excluding diaryl/α,β-unsaturated/α-hetero) is 1. The molecule has 6 heteroatoms. The molecule has 0 aromatic heterocycles. The Morgan fingerprint density at radius 1 is 1.14 bits per heavy atom. The van der Waals surface area contributed by atoms with Crippen LogP contribution in [0.1, 0.15) is 17.3 Å². The molecule has 0 aliphatic rings. The Morgan fingerprint density at radius 2 is 1.86 bits per heavy atom. The van der Waals surface area contributed by atoms with Gasteiger partial charge in [0, 0.05) is 6.26 Å². The van der Waals surface area contributed by atoms with E-state index >= 15 is 0 Å². The molecule has 0 atom stereocenters. The smallest absolute Gasteiger partial charge is 0.175 e. The van der Waals surface area contributed by atoms with E-state index in [1.54, 1.807) is 6.07 Å². The second-order valence-corrected chi connectivity index (χ2v) is 6.56. The SMILES string of the molecule is CC(=O)c1cc(F)ccc1Oc1cccc(S(C)(=O)=O)c1. The van der Waals surface area contributed by atoms with Crippen molar-refractivity contribution < 1.29 is 22.3 Å². The molecule has 0 bridgehead atoms. The first kappa shape index (κ1) is 15.2. The summed E-state index contributed by atoms with van der Waals surface area (Å²) in [6, 6.07) is 9.46. The molecule has 0 spiro atoms. The first-order valence-electron chi connectivity index (χ1n) is 6.06. The zero-order valence-corrected chi connectivity index (χ0v) is 12.3. The lowest BCUT2D eigenvalue weighted by Crippen LogP contribution is -2.00. The van der Waals surface area contributed by atoms with Crippen LogP contribution in [-0.4, -0.2) is 20.5 Å². The molecule has 0 saturated heterocycles. The summed E-state index contributed by atoms with van der Waals surface area (Å²) in [4.78, 5) is 11.6. The average molecular weight is 308 g/mol. The van der Waals surface area contributed by atoms with Crippen LogP contribution >= 0.6 is 0 Å². The maximum Gasteiger partial charge on any atom is 0.175 e. The van der Waals surface area contributed by atoms with Gasteiger partial charge in [-0.2, -0.15) is 0 Å². The van der Waals surface area contributed by atoms with E-state index in [0.29, 0.717) is 0 Å². The monoisotopic (exact) mass is 308 g/mol. The maximum atomic E-state index is 13.2. The molecule has 110 valence electrons. The van der Waals surface area contributed by atoms with Crippen molar-refractivity contribution in [2.24, 2.45) is 0 Å². The topological polar surface area (TPSA) is 60.4 Å². The van der Waals surface area contributed by atoms with Crippen molar-refractivity contribution in [2.45, 2.75) is 11.8 Å². The van der Waals surface area contributed by atoms with Crippen LogP contribution < -0.4 is 4.74 Å². The molecule has 0 amide bonds. The molecule has 0 unspecified atom stereocenters. The van der Waals surface area contributed by atoms with E-state index in [1.165, 1.54) is 37.3 Å². The highest BCUT2D eigenvalue weighted by molar-refractivity contribution is 7.90. The molecular formula is C15H13FO4S. The Bertz CT molecular complexity index is 797. The minimum absolute atomic E-state index is 0.0970. The molecule has 2 aromatic rings. The predicted octanol–water partition coefficient (Wildman–Crippen LogP) is 3.22. The van der Waals surface area contributed by atoms with Crippen LogP contribution in [0.2, 0.25) is 0 Å². The van der Waals surface area contributed by atoms with Gasteiger partial charge in [-0.15, -0.1) is 0 Å². The molecule has 2 rings (SSSR count). The zero-order chi connectivity index (χ0) is 15.6. The summed E-state index contributed by atoms with van der Waals surface area (Å²) in [7, 11) is -3.36. The van der Waals surface area contributed by atoms with Crippen LogP contribution in [0.25, 0.3) is 0 Å². The maximum absolute atomic E-state index is 13.2. The van der Waals surface area contributed by atoms with E-state index < -0.39 is 15.7 Å². The van der Waals surface area contributed by atoms with Gasteiger partial charge in [0.2, 0.25) is 0 Å². The Kier molecular flexibility index (Phi) is 4.09. The van der Waals surface area contributed by atoms with Crippen LogP contribution in [-0.2, 0) is 9.84 Å². The van der Waals surface area contributed by atoms with Gasteiger partial charge in [-0.05, 0) is 43.3 Å². The molecular weight excluding hydrogens is 295 g/mol. The quantitative estimate of drug-likeness (QED) is 0.814. The van der Waals surface area contributed by atoms with Gasteiger partial charge in [-0.1, -0.05) is 6.07 Å². The van der Waals surface area contributed by atoms with Crippen molar-refractivity contribution in [3.63, 3.8) is 0 Å². The van der Waals surface area contributed by atoms with Crippen molar-refractivity contribution in [1.82, 2.24) is 0 Å². The van der Waals surface area contributed by atoms with Crippen LogP contribution in [0.15, 0.2) is 47.4 Å². The Hall–Kier alpha value is -2.21. The van der Waals surface area contributed by atoms with E-state index in [1.807, 2.05) is 0 Å². The fraction of sp³-hybridized carbons (Fsp3) is 0.133. The van der Waals surface area contributed by atoms with Crippen molar-refractivity contribution in [2.75, 3.05) is 6.26 Å². The highest BCUT2D eigenvalue weighted by Gasteiger charge is 2.13. The van der Waals surface area contributed by atoms with Gasteiger partial charge in [0.25, 0.3) is 0 Å². The lowest BCUT2D eigenvalue weighted by atomic mass is 10.1. The summed E-state index contributed by atoms with van der Waals surface area (Å²) in [5.74, 6) is -0.456. The third-order valence-electron chi connectivity index (χ3n) is 2.78. The Labute approximate surface area is 122 Å². The standard InChI is InChI=1S/C15H13FO4S/c1-10(17)14-8-11(16)6-7-15(14)20-12-4-3-5-13(9-12)21(2,18)19/h3-9H,1-2H3. The van der Waals surface area contributed by atoms with Crippen LogP contribution in [0, 0.1) is 5.82 Å². The number of carbonyl (C=O) groups excluding carboxylic acids is 1. The van der Waals surface area contributed by atoms with Gasteiger partial charge in [-0.3, -0.25) is 4.79 Å². The molecule has 21 heavy (non-hydrogen) atoms. The predicted molar refractivity (Wildman–Crippen MR) is 76.0 cm³/mol. The lowest BCUT2D eigenvalue weighted by Gasteiger charge is -2.10. The first-order valence-corrected chi connectivity index (χ1v) is 7.95. The minimum atomic E-state index is -3.36. The number of ketones is 1. The van der Waals surface area contributed by atoms with Crippen LogP contribution in [0.3, 0.4) is 0 Å². The Balaban J connectivity index is 2.41. The summed E-state index contributed by atoms with van der Waals surface area (Å²) < 4.78 is 41.7.